The zero-order chi connectivity index (χ0) is 25.8. The Morgan fingerprint density at radius 2 is 1.84 bits per heavy atom. The van der Waals surface area contributed by atoms with Gasteiger partial charge < -0.3 is 23.0 Å². The van der Waals surface area contributed by atoms with E-state index in [1.165, 1.54) is 23.7 Å². The van der Waals surface area contributed by atoms with Gasteiger partial charge in [0.1, 0.15) is 11.6 Å². The quantitative estimate of drug-likeness (QED) is 0.347. The second-order valence-corrected chi connectivity index (χ2v) is 9.62. The van der Waals surface area contributed by atoms with Crippen LogP contribution in [0.3, 0.4) is 0 Å². The summed E-state index contributed by atoms with van der Waals surface area (Å²) in [5.74, 6) is -0.000197. The van der Waals surface area contributed by atoms with Gasteiger partial charge in [-0.05, 0) is 74.6 Å². The first kappa shape index (κ1) is 28.4. The first-order chi connectivity index (χ1) is 17.3. The van der Waals surface area contributed by atoms with Crippen molar-refractivity contribution in [2.45, 2.75) is 46.2 Å². The zero-order valence-corrected chi connectivity index (χ0v) is 22.7. The average molecular weight is 544 g/mol. The number of aryl methyl sites for hydroxylation is 2. The molecule has 7 nitrogen and oxygen atoms in total. The molecule has 2 heterocycles. The second-order valence-electron chi connectivity index (χ2n) is 8.87. The summed E-state index contributed by atoms with van der Waals surface area (Å²) in [7, 11) is 0. The third kappa shape index (κ3) is 6.06. The molecule has 0 radical (unpaired) electrons. The van der Waals surface area contributed by atoms with Gasteiger partial charge in [0.2, 0.25) is 0 Å². The summed E-state index contributed by atoms with van der Waals surface area (Å²) in [6.45, 7) is 6.78. The maximum atomic E-state index is 13.7. The molecule has 0 aliphatic rings. The molecule has 1 atom stereocenters. The summed E-state index contributed by atoms with van der Waals surface area (Å²) >= 11 is 1.18. The summed E-state index contributed by atoms with van der Waals surface area (Å²) in [5, 5.41) is 0.471. The van der Waals surface area contributed by atoms with E-state index in [1.807, 2.05) is 38.1 Å². The highest BCUT2D eigenvalue weighted by Gasteiger charge is 2.30. The van der Waals surface area contributed by atoms with E-state index < -0.39 is 6.04 Å². The standard InChI is InChI=1S/C27H30FN5O2S.ClH/c1-4-22(32(15-5-14-29)26(34)20-10-6-17(2)7-11-20)24-30-25-23(18(3)31-36-25)27(35)33(24)16-19-8-12-21(28)13-9-19;/h6-13,22H,4-5,14-16,29H2,1-3H3;1H. The molecule has 0 fully saturated rings. The maximum absolute atomic E-state index is 13.7. The lowest BCUT2D eigenvalue weighted by Crippen LogP contribution is -3.00. The van der Waals surface area contributed by atoms with Crippen molar-refractivity contribution >= 4 is 27.7 Å². The minimum atomic E-state index is -0.467. The van der Waals surface area contributed by atoms with E-state index in [9.17, 15) is 14.0 Å². The van der Waals surface area contributed by atoms with Gasteiger partial charge in [-0.3, -0.25) is 14.2 Å². The monoisotopic (exact) mass is 543 g/mol. The number of carbonyl (C=O) groups is 1. The van der Waals surface area contributed by atoms with Crippen molar-refractivity contribution in [2.24, 2.45) is 5.73 Å². The van der Waals surface area contributed by atoms with Crippen LogP contribution >= 0.6 is 11.5 Å². The molecule has 0 saturated heterocycles. The number of fused-ring (bicyclic) bond motifs is 1. The molecule has 0 saturated carbocycles. The summed E-state index contributed by atoms with van der Waals surface area (Å²) in [6, 6.07) is 13.0. The van der Waals surface area contributed by atoms with Crippen molar-refractivity contribution in [3.63, 3.8) is 0 Å². The van der Waals surface area contributed by atoms with E-state index in [-0.39, 0.29) is 37.7 Å². The molecule has 0 spiro atoms. The molecule has 196 valence electrons. The third-order valence-corrected chi connectivity index (χ3v) is 7.11. The van der Waals surface area contributed by atoms with E-state index in [1.54, 1.807) is 28.5 Å². The number of hydrogen-bond donors (Lipinski definition) is 1. The number of hydrogen-bond acceptors (Lipinski definition) is 6. The number of amides is 1. The van der Waals surface area contributed by atoms with Crippen molar-refractivity contribution in [1.29, 1.82) is 0 Å². The highest BCUT2D eigenvalue weighted by atomic mass is 35.5. The van der Waals surface area contributed by atoms with Crippen LogP contribution in [0.5, 0.6) is 0 Å². The highest BCUT2D eigenvalue weighted by molar-refractivity contribution is 7.12. The third-order valence-electron chi connectivity index (χ3n) is 6.27. The number of rotatable bonds is 9. The van der Waals surface area contributed by atoms with E-state index in [0.29, 0.717) is 53.2 Å². The number of benzene rings is 2. The normalized spacial score (nSPS) is 11.8. The van der Waals surface area contributed by atoms with E-state index in [2.05, 4.69) is 4.37 Å². The van der Waals surface area contributed by atoms with Crippen LogP contribution in [0.4, 0.5) is 4.39 Å². The van der Waals surface area contributed by atoms with Crippen molar-refractivity contribution in [2.75, 3.05) is 13.1 Å². The SMILES string of the molecule is CCC(c1nc2snc(C)c2c(=O)n1Cc1ccc(F)cc1)N(CCCN)C(=O)c1ccc(C)cc1.[Cl-].[H+]. The summed E-state index contributed by atoms with van der Waals surface area (Å²) in [4.78, 5) is 34.6. The van der Waals surface area contributed by atoms with Crippen LogP contribution in [0.1, 0.15) is 60.2 Å². The number of aromatic nitrogens is 3. The Kier molecular flexibility index (Phi) is 9.53. The van der Waals surface area contributed by atoms with Crippen molar-refractivity contribution in [3.8, 4) is 0 Å². The fraction of sp³-hybridized carbons (Fsp3) is 0.333. The molecule has 0 aliphatic heterocycles. The van der Waals surface area contributed by atoms with Gasteiger partial charge >= 0.3 is 1.43 Å². The van der Waals surface area contributed by atoms with E-state index >= 15 is 0 Å². The lowest BCUT2D eigenvalue weighted by molar-refractivity contribution is -0.0000191. The Bertz CT molecular complexity index is 1430. The zero-order valence-electron chi connectivity index (χ0n) is 22.1. The predicted molar refractivity (Wildman–Crippen MR) is 142 cm³/mol. The molecule has 37 heavy (non-hydrogen) atoms. The summed E-state index contributed by atoms with van der Waals surface area (Å²) in [5.41, 5.74) is 8.61. The Labute approximate surface area is 227 Å². The molecular formula is C27H31ClFN5O2S. The molecular weight excluding hydrogens is 513 g/mol. The van der Waals surface area contributed by atoms with Gasteiger partial charge in [0.15, 0.2) is 4.83 Å². The fourth-order valence-electron chi connectivity index (χ4n) is 4.33. The molecule has 2 aromatic carbocycles. The minimum absolute atomic E-state index is 0. The van der Waals surface area contributed by atoms with Gasteiger partial charge in [-0.15, -0.1) is 0 Å². The van der Waals surface area contributed by atoms with Crippen LogP contribution in [0, 0.1) is 19.7 Å². The molecule has 10 heteroatoms. The Hall–Kier alpha value is -3.14. The van der Waals surface area contributed by atoms with Gasteiger partial charge in [0, 0.05) is 12.1 Å². The van der Waals surface area contributed by atoms with Crippen molar-refractivity contribution < 1.29 is 23.0 Å². The van der Waals surface area contributed by atoms with Crippen LogP contribution < -0.4 is 23.7 Å². The summed E-state index contributed by atoms with van der Waals surface area (Å²) in [6.07, 6.45) is 1.15. The lowest BCUT2D eigenvalue weighted by atomic mass is 10.1. The summed E-state index contributed by atoms with van der Waals surface area (Å²) < 4.78 is 19.5. The smallest absolute Gasteiger partial charge is 1.00 e. The predicted octanol–water partition coefficient (Wildman–Crippen LogP) is 1.72. The van der Waals surface area contributed by atoms with E-state index in [4.69, 9.17) is 10.7 Å². The number of halogens is 2. The molecule has 4 rings (SSSR count). The number of nitrogens with zero attached hydrogens (tertiary/aromatic N) is 4. The maximum Gasteiger partial charge on any atom is 1.00 e. The first-order valence-electron chi connectivity index (χ1n) is 12.0. The molecule has 4 aromatic rings. The topological polar surface area (TPSA) is 94.1 Å². The molecule has 1 amide bonds. The molecule has 0 bridgehead atoms. The van der Waals surface area contributed by atoms with Crippen LogP contribution in [0.25, 0.3) is 10.2 Å². The molecule has 1 unspecified atom stereocenters. The number of carbonyl (C=O) groups excluding carboxylic acids is 1. The van der Waals surface area contributed by atoms with Crippen LogP contribution in [-0.2, 0) is 6.54 Å². The molecule has 2 aromatic heterocycles. The average Bonchev–Trinajstić information content (AvgIpc) is 3.25. The first-order valence-corrected chi connectivity index (χ1v) is 12.8. The van der Waals surface area contributed by atoms with Crippen molar-refractivity contribution in [1.82, 2.24) is 18.8 Å². The Morgan fingerprint density at radius 1 is 1.16 bits per heavy atom. The van der Waals surface area contributed by atoms with Gasteiger partial charge in [-0.2, -0.15) is 4.37 Å². The fourth-order valence-corrected chi connectivity index (χ4v) is 5.10. The van der Waals surface area contributed by atoms with Crippen LogP contribution in [0.15, 0.2) is 53.3 Å². The molecule has 0 aliphatic carbocycles. The van der Waals surface area contributed by atoms with Gasteiger partial charge in [0.05, 0.1) is 23.7 Å². The highest BCUT2D eigenvalue weighted by Crippen LogP contribution is 2.28. The lowest BCUT2D eigenvalue weighted by Gasteiger charge is -2.32. The number of nitrogens with two attached hydrogens (primary N) is 1. The van der Waals surface area contributed by atoms with Gasteiger partial charge in [-0.1, -0.05) is 36.8 Å². The Balaban J connectivity index is 0.00000253. The van der Waals surface area contributed by atoms with Crippen molar-refractivity contribution in [3.05, 3.63) is 92.9 Å². The second kappa shape index (κ2) is 12.4. The van der Waals surface area contributed by atoms with Crippen LogP contribution in [-0.4, -0.2) is 37.8 Å². The van der Waals surface area contributed by atoms with Crippen LogP contribution in [0.2, 0.25) is 0 Å². The minimum Gasteiger partial charge on any atom is -1.00 e. The molecule has 2 N–H and O–H groups in total. The van der Waals surface area contributed by atoms with Gasteiger partial charge in [0.25, 0.3) is 11.5 Å². The Morgan fingerprint density at radius 3 is 2.46 bits per heavy atom. The van der Waals surface area contributed by atoms with Gasteiger partial charge in [-0.25, -0.2) is 9.37 Å². The largest absolute Gasteiger partial charge is 1.00 e. The van der Waals surface area contributed by atoms with E-state index in [0.717, 1.165) is 11.1 Å².